The highest BCUT2D eigenvalue weighted by atomic mass is 35.5. The van der Waals surface area contributed by atoms with Gasteiger partial charge in [-0.1, -0.05) is 0 Å². The molecule has 7 atom stereocenters. The summed E-state index contributed by atoms with van der Waals surface area (Å²) in [5, 5.41) is 0.628. The molecule has 5 fully saturated rings. The van der Waals surface area contributed by atoms with Crippen LogP contribution in [0, 0.1) is 35.5 Å². The molecule has 0 aromatic carbocycles. The SMILES string of the molecule is ClC1C2[C@@H]3[C@H]2[C@H]2C[C@@H]3C12. The van der Waals surface area contributed by atoms with Crippen LogP contribution < -0.4 is 0 Å². The topological polar surface area (TPSA) is 0 Å². The van der Waals surface area contributed by atoms with Gasteiger partial charge in [-0.3, -0.25) is 0 Å². The van der Waals surface area contributed by atoms with Crippen LogP contribution in [0.5, 0.6) is 0 Å². The van der Waals surface area contributed by atoms with Gasteiger partial charge in [0, 0.05) is 5.38 Å². The minimum absolute atomic E-state index is 0.628. The van der Waals surface area contributed by atoms with Crippen LogP contribution >= 0.6 is 11.6 Å². The summed E-state index contributed by atoms with van der Waals surface area (Å²) in [7, 11) is 0. The van der Waals surface area contributed by atoms with Crippen LogP contribution in [0.15, 0.2) is 0 Å². The van der Waals surface area contributed by atoms with E-state index in [0.29, 0.717) is 5.38 Å². The molecular weight excluding hydrogens is 132 g/mol. The first-order valence-electron chi connectivity index (χ1n) is 4.03. The molecule has 5 aliphatic carbocycles. The molecule has 0 aliphatic heterocycles. The van der Waals surface area contributed by atoms with Gasteiger partial charge in [-0.2, -0.15) is 0 Å². The van der Waals surface area contributed by atoms with Gasteiger partial charge in [0.15, 0.2) is 0 Å². The number of hydrogen-bond acceptors (Lipinski definition) is 0. The lowest BCUT2D eigenvalue weighted by Gasteiger charge is -2.33. The van der Waals surface area contributed by atoms with Crippen molar-refractivity contribution in [3.05, 3.63) is 0 Å². The minimum atomic E-state index is 0.628. The van der Waals surface area contributed by atoms with Crippen molar-refractivity contribution in [3.8, 4) is 0 Å². The summed E-state index contributed by atoms with van der Waals surface area (Å²) in [6, 6.07) is 0. The Hall–Kier alpha value is 0.290. The Morgan fingerprint density at radius 3 is 1.78 bits per heavy atom. The van der Waals surface area contributed by atoms with Gasteiger partial charge in [-0.05, 0) is 41.9 Å². The van der Waals surface area contributed by atoms with Gasteiger partial charge >= 0.3 is 0 Å². The summed E-state index contributed by atoms with van der Waals surface area (Å²) in [6.45, 7) is 0. The molecule has 0 aromatic rings. The third kappa shape index (κ3) is 0.224. The molecule has 0 nitrogen and oxygen atoms in total. The molecule has 5 aliphatic rings. The van der Waals surface area contributed by atoms with Gasteiger partial charge in [0.1, 0.15) is 0 Å². The molecule has 3 unspecified atom stereocenters. The molecule has 0 radical (unpaired) electrons. The standard InChI is InChI=1S/C8H9Cl/c9-8-4-2-1-3(4)6-5(2)7(6)8/h2-8H,1H2/t2-,3+,4?,5+,6-,7?,8?. The molecule has 6 bridgehead atoms. The van der Waals surface area contributed by atoms with Crippen molar-refractivity contribution in [2.24, 2.45) is 35.5 Å². The molecule has 0 spiro atoms. The molecule has 0 saturated heterocycles. The highest BCUT2D eigenvalue weighted by molar-refractivity contribution is 6.22. The lowest BCUT2D eigenvalue weighted by Crippen LogP contribution is -2.29. The Balaban J connectivity index is 2.00. The van der Waals surface area contributed by atoms with Crippen molar-refractivity contribution < 1.29 is 0 Å². The first-order chi connectivity index (χ1) is 4.39. The summed E-state index contributed by atoms with van der Waals surface area (Å²) in [5.74, 6) is 6.54. The first kappa shape index (κ1) is 4.23. The van der Waals surface area contributed by atoms with Crippen molar-refractivity contribution in [1.82, 2.24) is 0 Å². The summed E-state index contributed by atoms with van der Waals surface area (Å²) in [4.78, 5) is 0. The molecule has 0 heterocycles. The zero-order valence-corrected chi connectivity index (χ0v) is 5.88. The Morgan fingerprint density at radius 1 is 0.889 bits per heavy atom. The third-order valence-corrected chi connectivity index (χ3v) is 5.03. The maximum atomic E-state index is 6.22. The highest BCUT2D eigenvalue weighted by Gasteiger charge is 2.82. The third-order valence-electron chi connectivity index (χ3n) is 4.45. The summed E-state index contributed by atoms with van der Waals surface area (Å²) < 4.78 is 0. The Labute approximate surface area is 59.6 Å². The molecule has 0 N–H and O–H groups in total. The second-order valence-electron chi connectivity index (χ2n) is 4.32. The number of hydrogen-bond donors (Lipinski definition) is 0. The van der Waals surface area contributed by atoms with Crippen molar-refractivity contribution >= 4 is 11.6 Å². The van der Waals surface area contributed by atoms with Crippen LogP contribution in [-0.4, -0.2) is 5.38 Å². The molecule has 9 heavy (non-hydrogen) atoms. The molecule has 48 valence electrons. The van der Waals surface area contributed by atoms with Crippen LogP contribution in [-0.2, 0) is 0 Å². The summed E-state index contributed by atoms with van der Waals surface area (Å²) in [6.07, 6.45) is 1.56. The van der Waals surface area contributed by atoms with Crippen molar-refractivity contribution in [3.63, 3.8) is 0 Å². The van der Waals surface area contributed by atoms with Gasteiger partial charge in [0.2, 0.25) is 0 Å². The maximum absolute atomic E-state index is 6.22. The minimum Gasteiger partial charge on any atom is -0.122 e. The lowest BCUT2D eigenvalue weighted by atomic mass is 9.73. The van der Waals surface area contributed by atoms with E-state index < -0.39 is 0 Å². The maximum Gasteiger partial charge on any atom is 0.0403 e. The van der Waals surface area contributed by atoms with E-state index in [4.69, 9.17) is 11.6 Å². The normalized spacial score (nSPS) is 87.0. The fourth-order valence-corrected chi connectivity index (χ4v) is 4.97. The van der Waals surface area contributed by atoms with Crippen LogP contribution in [0.1, 0.15) is 6.42 Å². The van der Waals surface area contributed by atoms with E-state index in [9.17, 15) is 0 Å². The predicted molar refractivity (Wildman–Crippen MR) is 35.2 cm³/mol. The smallest absolute Gasteiger partial charge is 0.0403 e. The van der Waals surface area contributed by atoms with E-state index >= 15 is 0 Å². The Bertz CT molecular complexity index is 159. The average Bonchev–Trinajstić information content (AvgIpc) is 2.11. The highest BCUT2D eigenvalue weighted by Crippen LogP contribution is 2.85. The van der Waals surface area contributed by atoms with E-state index in [1.807, 2.05) is 0 Å². The van der Waals surface area contributed by atoms with Crippen LogP contribution in [0.2, 0.25) is 0 Å². The van der Waals surface area contributed by atoms with E-state index in [1.165, 1.54) is 0 Å². The monoisotopic (exact) mass is 140 g/mol. The van der Waals surface area contributed by atoms with Gasteiger partial charge in [-0.25, -0.2) is 0 Å². The van der Waals surface area contributed by atoms with Crippen LogP contribution in [0.25, 0.3) is 0 Å². The molecule has 5 saturated carbocycles. The average molecular weight is 141 g/mol. The van der Waals surface area contributed by atoms with Crippen molar-refractivity contribution in [2.75, 3.05) is 0 Å². The quantitative estimate of drug-likeness (QED) is 0.450. The summed E-state index contributed by atoms with van der Waals surface area (Å²) in [5.41, 5.74) is 0. The fourth-order valence-electron chi connectivity index (χ4n) is 4.26. The number of halogens is 1. The zero-order valence-electron chi connectivity index (χ0n) is 5.13. The fraction of sp³-hybridized carbons (Fsp3) is 1.00. The number of alkyl halides is 1. The van der Waals surface area contributed by atoms with E-state index in [1.54, 1.807) is 6.42 Å². The molecular formula is C8H9Cl. The zero-order chi connectivity index (χ0) is 5.75. The van der Waals surface area contributed by atoms with E-state index in [0.717, 1.165) is 35.5 Å². The molecule has 0 amide bonds. The Kier molecular flexibility index (Phi) is 0.416. The van der Waals surface area contributed by atoms with Crippen molar-refractivity contribution in [1.29, 1.82) is 0 Å². The molecule has 5 rings (SSSR count). The lowest BCUT2D eigenvalue weighted by molar-refractivity contribution is 0.173. The van der Waals surface area contributed by atoms with Crippen LogP contribution in [0.4, 0.5) is 0 Å². The van der Waals surface area contributed by atoms with Crippen LogP contribution in [0.3, 0.4) is 0 Å². The Morgan fingerprint density at radius 2 is 1.56 bits per heavy atom. The van der Waals surface area contributed by atoms with Crippen molar-refractivity contribution in [2.45, 2.75) is 11.8 Å². The van der Waals surface area contributed by atoms with Gasteiger partial charge in [0.25, 0.3) is 0 Å². The van der Waals surface area contributed by atoms with E-state index in [2.05, 4.69) is 0 Å². The van der Waals surface area contributed by atoms with Gasteiger partial charge < -0.3 is 0 Å². The van der Waals surface area contributed by atoms with E-state index in [-0.39, 0.29) is 0 Å². The second-order valence-corrected chi connectivity index (χ2v) is 4.82. The van der Waals surface area contributed by atoms with Gasteiger partial charge in [-0.15, -0.1) is 11.6 Å². The predicted octanol–water partition coefficient (Wildman–Crippen LogP) is 1.74. The summed E-state index contributed by atoms with van der Waals surface area (Å²) >= 11 is 6.22. The number of rotatable bonds is 0. The largest absolute Gasteiger partial charge is 0.122 e. The first-order valence-corrected chi connectivity index (χ1v) is 4.47. The molecule has 0 aromatic heterocycles. The second kappa shape index (κ2) is 0.887. The molecule has 1 heteroatoms. The van der Waals surface area contributed by atoms with Gasteiger partial charge in [0.05, 0.1) is 0 Å².